The molecule has 1 aromatic carbocycles. The minimum Gasteiger partial charge on any atom is -0.399 e. The lowest BCUT2D eigenvalue weighted by atomic mass is 10.3. The number of benzene rings is 1. The summed E-state index contributed by atoms with van der Waals surface area (Å²) in [6, 6.07) is 9.49. The zero-order valence-electron chi connectivity index (χ0n) is 5.19. The van der Waals surface area contributed by atoms with Gasteiger partial charge in [-0.05, 0) is 12.1 Å². The van der Waals surface area contributed by atoms with Crippen LogP contribution in [0.5, 0.6) is 0 Å². The van der Waals surface area contributed by atoms with E-state index in [9.17, 15) is 0 Å². The third kappa shape index (κ3) is 4.99. The molecule has 0 aromatic heterocycles. The van der Waals surface area contributed by atoms with Crippen LogP contribution in [-0.2, 0) is 11.6 Å². The summed E-state index contributed by atoms with van der Waals surface area (Å²) in [5, 5.41) is 0. The van der Waals surface area contributed by atoms with Gasteiger partial charge in [0.1, 0.15) is 0 Å². The van der Waals surface area contributed by atoms with Gasteiger partial charge in [-0.15, -0.1) is 0 Å². The summed E-state index contributed by atoms with van der Waals surface area (Å²) >= 11 is -0.750. The van der Waals surface area contributed by atoms with Crippen molar-refractivity contribution in [2.75, 3.05) is 5.73 Å². The van der Waals surface area contributed by atoms with Crippen molar-refractivity contribution in [1.82, 2.24) is 0 Å². The Kier molecular flexibility index (Phi) is 5.28. The predicted molar refractivity (Wildman–Crippen MR) is 39.8 cm³/mol. The van der Waals surface area contributed by atoms with Gasteiger partial charge in [-0.2, -0.15) is 8.42 Å². The summed E-state index contributed by atoms with van der Waals surface area (Å²) in [7, 11) is 0. The van der Waals surface area contributed by atoms with E-state index in [0.717, 1.165) is 5.69 Å². The number of para-hydroxylation sites is 1. The standard InChI is InChI=1S/C6H7N.O2S/c7-6-4-2-1-3-5-6;1-3-2/h1-5H,7H2;. The fourth-order valence-electron chi connectivity index (χ4n) is 0.453. The van der Waals surface area contributed by atoms with E-state index in [1.54, 1.807) is 0 Å². The second-order valence-corrected chi connectivity index (χ2v) is 1.61. The van der Waals surface area contributed by atoms with Gasteiger partial charge < -0.3 is 5.73 Å². The lowest BCUT2D eigenvalue weighted by Gasteiger charge is -1.83. The molecule has 0 aliphatic carbocycles. The Morgan fingerprint density at radius 1 is 1.10 bits per heavy atom. The van der Waals surface area contributed by atoms with Gasteiger partial charge in [-0.25, -0.2) is 0 Å². The van der Waals surface area contributed by atoms with Crippen LogP contribution in [0.2, 0.25) is 0 Å². The maximum Gasteiger partial charge on any atom is 0.335 e. The van der Waals surface area contributed by atoms with Crippen molar-refractivity contribution in [2.24, 2.45) is 0 Å². The SMILES string of the molecule is Nc1ccccc1.O=S=O. The van der Waals surface area contributed by atoms with Crippen LogP contribution in [0.1, 0.15) is 0 Å². The summed E-state index contributed by atoms with van der Waals surface area (Å²) < 4.78 is 16.6. The summed E-state index contributed by atoms with van der Waals surface area (Å²) in [4.78, 5) is 0. The highest BCUT2D eigenvalue weighted by Crippen LogP contribution is 1.95. The Balaban J connectivity index is 0.000000236. The second-order valence-electron chi connectivity index (χ2n) is 1.48. The average molecular weight is 157 g/mol. The van der Waals surface area contributed by atoms with E-state index in [2.05, 4.69) is 0 Å². The van der Waals surface area contributed by atoms with Crippen molar-refractivity contribution in [1.29, 1.82) is 0 Å². The highest BCUT2D eigenvalue weighted by Gasteiger charge is 1.72. The summed E-state index contributed by atoms with van der Waals surface area (Å²) in [5.41, 5.74) is 6.18. The highest BCUT2D eigenvalue weighted by molar-refractivity contribution is 7.51. The number of rotatable bonds is 0. The maximum absolute atomic E-state index is 8.29. The lowest BCUT2D eigenvalue weighted by Crippen LogP contribution is -1.79. The first-order valence-electron chi connectivity index (χ1n) is 2.53. The van der Waals surface area contributed by atoms with Crippen LogP contribution in [0, 0.1) is 0 Å². The Morgan fingerprint density at radius 2 is 1.50 bits per heavy atom. The van der Waals surface area contributed by atoms with E-state index in [4.69, 9.17) is 14.2 Å². The van der Waals surface area contributed by atoms with Crippen LogP contribution in [0.15, 0.2) is 30.3 Å². The molecule has 0 saturated carbocycles. The number of nitrogen functional groups attached to an aromatic ring is 1. The Hall–Kier alpha value is -1.16. The monoisotopic (exact) mass is 157 g/mol. The number of hydrogen-bond donors (Lipinski definition) is 1. The number of nitrogens with two attached hydrogens (primary N) is 1. The van der Waals surface area contributed by atoms with Gasteiger partial charge >= 0.3 is 11.6 Å². The smallest absolute Gasteiger partial charge is 0.335 e. The van der Waals surface area contributed by atoms with E-state index in [1.807, 2.05) is 30.3 Å². The first-order valence-corrected chi connectivity index (χ1v) is 3.20. The van der Waals surface area contributed by atoms with Gasteiger partial charge in [0, 0.05) is 5.69 Å². The van der Waals surface area contributed by atoms with Crippen LogP contribution >= 0.6 is 0 Å². The molecule has 3 nitrogen and oxygen atoms in total. The van der Waals surface area contributed by atoms with Crippen molar-refractivity contribution in [3.8, 4) is 0 Å². The normalized spacial score (nSPS) is 7.20. The predicted octanol–water partition coefficient (Wildman–Crippen LogP) is 0.599. The molecule has 0 atom stereocenters. The van der Waals surface area contributed by atoms with Crippen molar-refractivity contribution >= 4 is 17.3 Å². The highest BCUT2D eigenvalue weighted by atomic mass is 32.1. The molecule has 0 unspecified atom stereocenters. The summed E-state index contributed by atoms with van der Waals surface area (Å²) in [5.74, 6) is 0. The van der Waals surface area contributed by atoms with Gasteiger partial charge in [0.2, 0.25) is 0 Å². The zero-order valence-corrected chi connectivity index (χ0v) is 6.01. The molecular weight excluding hydrogens is 150 g/mol. The van der Waals surface area contributed by atoms with Crippen molar-refractivity contribution in [2.45, 2.75) is 0 Å². The molecule has 0 bridgehead atoms. The molecule has 0 spiro atoms. The largest absolute Gasteiger partial charge is 0.399 e. The number of anilines is 1. The van der Waals surface area contributed by atoms with E-state index < -0.39 is 11.6 Å². The number of hydrogen-bond acceptors (Lipinski definition) is 3. The van der Waals surface area contributed by atoms with Crippen molar-refractivity contribution < 1.29 is 8.42 Å². The van der Waals surface area contributed by atoms with Gasteiger partial charge in [0.25, 0.3) is 0 Å². The molecule has 0 heterocycles. The topological polar surface area (TPSA) is 60.2 Å². The molecule has 0 amide bonds. The molecule has 0 fully saturated rings. The molecule has 0 radical (unpaired) electrons. The van der Waals surface area contributed by atoms with Crippen molar-refractivity contribution in [3.05, 3.63) is 30.3 Å². The molecule has 2 N–H and O–H groups in total. The second kappa shape index (κ2) is 5.97. The summed E-state index contributed by atoms with van der Waals surface area (Å²) in [6.07, 6.45) is 0. The Morgan fingerprint density at radius 3 is 1.70 bits per heavy atom. The third-order valence-corrected chi connectivity index (χ3v) is 0.800. The molecule has 54 valence electrons. The maximum atomic E-state index is 8.29. The fourth-order valence-corrected chi connectivity index (χ4v) is 0.453. The minimum absolute atomic E-state index is 0.750. The molecular formula is C6H7NO2S. The van der Waals surface area contributed by atoms with Crippen LogP contribution in [0.25, 0.3) is 0 Å². The molecule has 4 heteroatoms. The van der Waals surface area contributed by atoms with E-state index in [1.165, 1.54) is 0 Å². The van der Waals surface area contributed by atoms with Crippen LogP contribution in [0.3, 0.4) is 0 Å². The van der Waals surface area contributed by atoms with Crippen LogP contribution in [0.4, 0.5) is 5.69 Å². The van der Waals surface area contributed by atoms with Gasteiger partial charge in [0.15, 0.2) is 0 Å². The zero-order chi connectivity index (χ0) is 7.82. The Labute approximate surface area is 62.5 Å². The van der Waals surface area contributed by atoms with Gasteiger partial charge in [-0.3, -0.25) is 0 Å². The van der Waals surface area contributed by atoms with Crippen molar-refractivity contribution in [3.63, 3.8) is 0 Å². The first kappa shape index (κ1) is 8.84. The van der Waals surface area contributed by atoms with Gasteiger partial charge in [-0.1, -0.05) is 18.2 Å². The third-order valence-electron chi connectivity index (χ3n) is 0.800. The molecule has 0 saturated heterocycles. The van der Waals surface area contributed by atoms with E-state index in [0.29, 0.717) is 0 Å². The summed E-state index contributed by atoms with van der Waals surface area (Å²) in [6.45, 7) is 0. The molecule has 0 aliphatic heterocycles. The van der Waals surface area contributed by atoms with Gasteiger partial charge in [0.05, 0.1) is 0 Å². The quantitative estimate of drug-likeness (QED) is 0.561. The Bertz CT molecular complexity index is 206. The molecule has 1 rings (SSSR count). The minimum atomic E-state index is -0.750. The molecule has 1 aromatic rings. The van der Waals surface area contributed by atoms with Crippen LogP contribution < -0.4 is 5.73 Å². The lowest BCUT2D eigenvalue weighted by molar-refractivity contribution is 0.630. The molecule has 0 aliphatic rings. The van der Waals surface area contributed by atoms with E-state index >= 15 is 0 Å². The molecule has 10 heavy (non-hydrogen) atoms. The van der Waals surface area contributed by atoms with E-state index in [-0.39, 0.29) is 0 Å². The van der Waals surface area contributed by atoms with Crippen LogP contribution in [-0.4, -0.2) is 8.42 Å². The average Bonchev–Trinajstić information content (AvgIpc) is 1.91. The fraction of sp³-hybridized carbons (Fsp3) is 0. The first-order chi connectivity index (χ1) is 4.81.